The minimum atomic E-state index is 0.0828. The maximum atomic E-state index is 9.17. The normalized spacial score (nSPS) is 10.7. The summed E-state index contributed by atoms with van der Waals surface area (Å²) in [5.41, 5.74) is 3.18. The van der Waals surface area contributed by atoms with Gasteiger partial charge in [0.2, 0.25) is 0 Å². The van der Waals surface area contributed by atoms with E-state index < -0.39 is 0 Å². The van der Waals surface area contributed by atoms with Gasteiger partial charge in [-0.25, -0.2) is 4.98 Å². The minimum Gasteiger partial charge on any atom is -0.444 e. The summed E-state index contributed by atoms with van der Waals surface area (Å²) in [5.74, 6) is 1.65. The van der Waals surface area contributed by atoms with Gasteiger partial charge in [-0.15, -0.1) is 11.8 Å². The Morgan fingerprint density at radius 3 is 2.71 bits per heavy atom. The highest BCUT2D eigenvalue weighted by Gasteiger charge is 2.03. The maximum absolute atomic E-state index is 9.17. The van der Waals surface area contributed by atoms with E-state index in [4.69, 9.17) is 9.52 Å². The van der Waals surface area contributed by atoms with Crippen molar-refractivity contribution in [3.63, 3.8) is 0 Å². The third kappa shape index (κ3) is 3.54. The SMILES string of the molecule is OCc1cccc(CSc2cccc(-c3cnco3)c2)c1. The van der Waals surface area contributed by atoms with Crippen LogP contribution in [0.3, 0.4) is 0 Å². The lowest BCUT2D eigenvalue weighted by Crippen LogP contribution is -1.86. The molecule has 0 bridgehead atoms. The first kappa shape index (κ1) is 13.9. The molecule has 0 radical (unpaired) electrons. The second-order valence-corrected chi connectivity index (χ2v) is 5.71. The fourth-order valence-electron chi connectivity index (χ4n) is 2.08. The van der Waals surface area contributed by atoms with E-state index in [0.29, 0.717) is 0 Å². The van der Waals surface area contributed by atoms with Crippen molar-refractivity contribution in [3.8, 4) is 11.3 Å². The van der Waals surface area contributed by atoms with Gasteiger partial charge >= 0.3 is 0 Å². The van der Waals surface area contributed by atoms with Crippen LogP contribution in [-0.4, -0.2) is 10.1 Å². The largest absolute Gasteiger partial charge is 0.444 e. The monoisotopic (exact) mass is 297 g/mol. The topological polar surface area (TPSA) is 46.3 Å². The van der Waals surface area contributed by atoms with Gasteiger partial charge in [0, 0.05) is 16.2 Å². The molecule has 1 aromatic heterocycles. The third-order valence-corrected chi connectivity index (χ3v) is 4.20. The number of benzene rings is 2. The Bertz CT molecular complexity index is 710. The van der Waals surface area contributed by atoms with Crippen LogP contribution in [0.5, 0.6) is 0 Å². The van der Waals surface area contributed by atoms with Crippen LogP contribution in [0.2, 0.25) is 0 Å². The Hall–Kier alpha value is -2.04. The van der Waals surface area contributed by atoms with Crippen molar-refractivity contribution in [2.45, 2.75) is 17.3 Å². The third-order valence-electron chi connectivity index (χ3n) is 3.13. The minimum absolute atomic E-state index is 0.0828. The number of hydrogen-bond donors (Lipinski definition) is 1. The van der Waals surface area contributed by atoms with Crippen LogP contribution < -0.4 is 0 Å². The average Bonchev–Trinajstić information content (AvgIpc) is 3.08. The molecular weight excluding hydrogens is 282 g/mol. The average molecular weight is 297 g/mol. The molecule has 0 aliphatic rings. The number of hydrogen-bond acceptors (Lipinski definition) is 4. The summed E-state index contributed by atoms with van der Waals surface area (Å²) < 4.78 is 5.32. The first-order valence-corrected chi connectivity index (χ1v) is 7.64. The molecule has 0 amide bonds. The number of nitrogens with zero attached hydrogens (tertiary/aromatic N) is 1. The molecule has 3 nitrogen and oxygen atoms in total. The predicted octanol–water partition coefficient (Wildman–Crippen LogP) is 4.13. The van der Waals surface area contributed by atoms with Gasteiger partial charge in [-0.2, -0.15) is 0 Å². The lowest BCUT2D eigenvalue weighted by molar-refractivity contribution is 0.282. The van der Waals surface area contributed by atoms with E-state index in [1.54, 1.807) is 18.0 Å². The van der Waals surface area contributed by atoms with E-state index in [0.717, 1.165) is 22.6 Å². The van der Waals surface area contributed by atoms with Crippen molar-refractivity contribution in [1.29, 1.82) is 0 Å². The number of aliphatic hydroxyl groups excluding tert-OH is 1. The molecular formula is C17H15NO2S. The summed E-state index contributed by atoms with van der Waals surface area (Å²) >= 11 is 1.76. The van der Waals surface area contributed by atoms with E-state index in [9.17, 15) is 0 Å². The Morgan fingerprint density at radius 2 is 1.90 bits per heavy atom. The lowest BCUT2D eigenvalue weighted by atomic mass is 10.1. The summed E-state index contributed by atoms with van der Waals surface area (Å²) in [6.07, 6.45) is 3.16. The molecule has 0 saturated carbocycles. The molecule has 0 fully saturated rings. The smallest absolute Gasteiger partial charge is 0.181 e. The molecule has 4 heteroatoms. The molecule has 21 heavy (non-hydrogen) atoms. The summed E-state index contributed by atoms with van der Waals surface area (Å²) in [7, 11) is 0. The van der Waals surface area contributed by atoms with Crippen LogP contribution in [0.25, 0.3) is 11.3 Å². The Balaban J connectivity index is 1.72. The van der Waals surface area contributed by atoms with Crippen molar-refractivity contribution in [1.82, 2.24) is 4.98 Å². The van der Waals surface area contributed by atoms with Crippen molar-refractivity contribution in [2.75, 3.05) is 0 Å². The van der Waals surface area contributed by atoms with Crippen LogP contribution in [-0.2, 0) is 12.4 Å². The molecule has 0 aliphatic carbocycles. The number of aliphatic hydroxyl groups is 1. The van der Waals surface area contributed by atoms with Gasteiger partial charge in [0.05, 0.1) is 12.8 Å². The zero-order valence-corrected chi connectivity index (χ0v) is 12.2. The van der Waals surface area contributed by atoms with Gasteiger partial charge in [-0.3, -0.25) is 0 Å². The molecule has 0 unspecified atom stereocenters. The molecule has 0 spiro atoms. The van der Waals surface area contributed by atoms with Crippen molar-refractivity contribution in [3.05, 3.63) is 72.2 Å². The van der Waals surface area contributed by atoms with E-state index >= 15 is 0 Å². The van der Waals surface area contributed by atoms with Crippen LogP contribution in [0.4, 0.5) is 0 Å². The van der Waals surface area contributed by atoms with Gasteiger partial charge < -0.3 is 9.52 Å². The van der Waals surface area contributed by atoms with Crippen LogP contribution >= 0.6 is 11.8 Å². The predicted molar refractivity (Wildman–Crippen MR) is 83.9 cm³/mol. The first-order valence-electron chi connectivity index (χ1n) is 6.65. The summed E-state index contributed by atoms with van der Waals surface area (Å²) in [5, 5.41) is 9.17. The molecule has 0 atom stereocenters. The fourth-order valence-corrected chi connectivity index (χ4v) is 2.98. The number of oxazole rings is 1. The van der Waals surface area contributed by atoms with Crippen molar-refractivity contribution < 1.29 is 9.52 Å². The highest BCUT2D eigenvalue weighted by atomic mass is 32.2. The van der Waals surface area contributed by atoms with Crippen LogP contribution in [0.15, 0.2) is 70.4 Å². The van der Waals surface area contributed by atoms with Crippen molar-refractivity contribution >= 4 is 11.8 Å². The zero-order chi connectivity index (χ0) is 14.5. The van der Waals surface area contributed by atoms with E-state index in [2.05, 4.69) is 23.2 Å². The van der Waals surface area contributed by atoms with Gasteiger partial charge in [0.25, 0.3) is 0 Å². The van der Waals surface area contributed by atoms with Crippen LogP contribution in [0.1, 0.15) is 11.1 Å². The summed E-state index contributed by atoms with van der Waals surface area (Å²) in [6, 6.07) is 16.2. The quantitative estimate of drug-likeness (QED) is 0.719. The molecule has 1 N–H and O–H groups in total. The zero-order valence-electron chi connectivity index (χ0n) is 11.4. The molecule has 3 aromatic rings. The second-order valence-electron chi connectivity index (χ2n) is 4.66. The van der Waals surface area contributed by atoms with E-state index in [1.165, 1.54) is 16.9 Å². The van der Waals surface area contributed by atoms with Gasteiger partial charge in [0.15, 0.2) is 12.2 Å². The molecule has 1 heterocycles. The number of thioether (sulfide) groups is 1. The molecule has 2 aromatic carbocycles. The van der Waals surface area contributed by atoms with Gasteiger partial charge in [-0.1, -0.05) is 36.4 Å². The number of rotatable bonds is 5. The fraction of sp³-hybridized carbons (Fsp3) is 0.118. The van der Waals surface area contributed by atoms with Gasteiger partial charge in [-0.05, 0) is 23.3 Å². The number of aromatic nitrogens is 1. The standard InChI is InChI=1S/C17H15NO2S/c19-10-13-3-1-4-14(7-13)11-21-16-6-2-5-15(8-16)17-9-18-12-20-17/h1-9,12,19H,10-11H2. The van der Waals surface area contributed by atoms with Gasteiger partial charge in [0.1, 0.15) is 0 Å². The highest BCUT2D eigenvalue weighted by Crippen LogP contribution is 2.27. The summed E-state index contributed by atoms with van der Waals surface area (Å²) in [6.45, 7) is 0.0828. The molecule has 106 valence electrons. The Kier molecular flexibility index (Phi) is 4.38. The maximum Gasteiger partial charge on any atom is 0.181 e. The first-order chi connectivity index (χ1) is 10.3. The van der Waals surface area contributed by atoms with E-state index in [1.807, 2.05) is 30.3 Å². The van der Waals surface area contributed by atoms with Crippen molar-refractivity contribution in [2.24, 2.45) is 0 Å². The molecule has 3 rings (SSSR count). The lowest BCUT2D eigenvalue weighted by Gasteiger charge is -2.05. The second kappa shape index (κ2) is 6.61. The van der Waals surface area contributed by atoms with E-state index in [-0.39, 0.29) is 6.61 Å². The Morgan fingerprint density at radius 1 is 1.05 bits per heavy atom. The molecule has 0 aliphatic heterocycles. The molecule has 0 saturated heterocycles. The Labute approximate surface area is 127 Å². The van der Waals surface area contributed by atoms with Crippen LogP contribution in [0, 0.1) is 0 Å². The summed E-state index contributed by atoms with van der Waals surface area (Å²) in [4.78, 5) is 5.12. The highest BCUT2D eigenvalue weighted by molar-refractivity contribution is 7.98.